The van der Waals surface area contributed by atoms with Gasteiger partial charge in [0, 0.05) is 17.1 Å². The number of nitrogen functional groups attached to an aromatic ring is 1. The fourth-order valence-electron chi connectivity index (χ4n) is 2.94. The number of nitrogens with one attached hydrogen (secondary N) is 1. The second kappa shape index (κ2) is 8.14. The van der Waals surface area contributed by atoms with Crippen LogP contribution in [0.4, 0.5) is 11.5 Å². The first-order valence-electron chi connectivity index (χ1n) is 8.66. The molecule has 0 radical (unpaired) electrons. The summed E-state index contributed by atoms with van der Waals surface area (Å²) in [6, 6.07) is 15.6. The molecule has 0 unspecified atom stereocenters. The van der Waals surface area contributed by atoms with Crippen molar-refractivity contribution >= 4 is 29.0 Å². The van der Waals surface area contributed by atoms with Gasteiger partial charge in [0.25, 0.3) is 11.5 Å². The Hall–Kier alpha value is -3.32. The zero-order valence-corrected chi connectivity index (χ0v) is 15.9. The molecule has 3 rings (SSSR count). The van der Waals surface area contributed by atoms with Crippen molar-refractivity contribution in [1.82, 2.24) is 9.55 Å². The van der Waals surface area contributed by atoms with Gasteiger partial charge in [-0.1, -0.05) is 48.0 Å². The summed E-state index contributed by atoms with van der Waals surface area (Å²) in [5.74, 6) is -0.512. The van der Waals surface area contributed by atoms with Crippen LogP contribution in [0.3, 0.4) is 0 Å². The smallest absolute Gasteiger partial charge is 0.330 e. The minimum atomic E-state index is -0.718. The van der Waals surface area contributed by atoms with Gasteiger partial charge in [0.15, 0.2) is 5.69 Å². The number of rotatable bonds is 5. The molecule has 0 aliphatic carbocycles. The third kappa shape index (κ3) is 3.84. The number of aromatic nitrogens is 2. The van der Waals surface area contributed by atoms with Gasteiger partial charge in [0.2, 0.25) is 0 Å². The van der Waals surface area contributed by atoms with Crippen LogP contribution in [0.25, 0.3) is 0 Å². The SMILES string of the molecule is CCN(C(=O)c1cccc(Cl)c1)c1c(N)n(Cc2ccccc2)c(=O)[nH]c1=O. The number of anilines is 2. The standard InChI is InChI=1S/C20H19ClN4O3/c1-2-24(19(27)14-9-6-10-15(21)11-14)16-17(22)25(20(28)23-18(16)26)12-13-7-4-3-5-8-13/h3-11H,2,12,22H2,1H3,(H,23,26,28). The largest absolute Gasteiger partial charge is 0.383 e. The van der Waals surface area contributed by atoms with Crippen LogP contribution in [0.1, 0.15) is 22.8 Å². The number of aromatic amines is 1. The molecule has 0 saturated heterocycles. The van der Waals surface area contributed by atoms with Gasteiger partial charge in [0.05, 0.1) is 6.54 Å². The van der Waals surface area contributed by atoms with Crippen molar-refractivity contribution in [2.75, 3.05) is 17.2 Å². The maximum absolute atomic E-state index is 13.0. The van der Waals surface area contributed by atoms with Gasteiger partial charge < -0.3 is 10.6 Å². The van der Waals surface area contributed by atoms with E-state index < -0.39 is 17.2 Å². The molecule has 3 aromatic rings. The molecule has 1 aromatic heterocycles. The third-order valence-corrected chi connectivity index (χ3v) is 4.54. The molecule has 0 aliphatic heterocycles. The molecular weight excluding hydrogens is 380 g/mol. The first-order valence-corrected chi connectivity index (χ1v) is 9.04. The number of H-pyrrole nitrogens is 1. The number of carbonyl (C=O) groups excluding carboxylic acids is 1. The van der Waals surface area contributed by atoms with E-state index in [0.29, 0.717) is 10.6 Å². The quantitative estimate of drug-likeness (QED) is 0.689. The lowest BCUT2D eigenvalue weighted by molar-refractivity contribution is 0.0988. The monoisotopic (exact) mass is 398 g/mol. The van der Waals surface area contributed by atoms with Crippen LogP contribution in [0.5, 0.6) is 0 Å². The fourth-order valence-corrected chi connectivity index (χ4v) is 3.13. The molecule has 28 heavy (non-hydrogen) atoms. The van der Waals surface area contributed by atoms with Crippen molar-refractivity contribution < 1.29 is 4.79 Å². The first kappa shape index (κ1) is 19.4. The normalized spacial score (nSPS) is 10.6. The molecule has 0 spiro atoms. The van der Waals surface area contributed by atoms with E-state index in [0.717, 1.165) is 5.56 Å². The molecule has 0 saturated carbocycles. The number of hydrogen-bond donors (Lipinski definition) is 2. The lowest BCUT2D eigenvalue weighted by atomic mass is 10.2. The molecule has 1 heterocycles. The van der Waals surface area contributed by atoms with Gasteiger partial charge >= 0.3 is 5.69 Å². The van der Waals surface area contributed by atoms with Crippen LogP contribution in [0.2, 0.25) is 5.02 Å². The average Bonchev–Trinajstić information content (AvgIpc) is 2.68. The third-order valence-electron chi connectivity index (χ3n) is 4.30. The molecule has 2 aromatic carbocycles. The minimum Gasteiger partial charge on any atom is -0.383 e. The summed E-state index contributed by atoms with van der Waals surface area (Å²) in [5, 5.41) is 0.401. The van der Waals surface area contributed by atoms with Crippen LogP contribution < -0.4 is 21.9 Å². The number of halogens is 1. The molecule has 0 fully saturated rings. The lowest BCUT2D eigenvalue weighted by Crippen LogP contribution is -2.41. The lowest BCUT2D eigenvalue weighted by Gasteiger charge is -2.23. The molecule has 144 valence electrons. The molecule has 0 bridgehead atoms. The summed E-state index contributed by atoms with van der Waals surface area (Å²) in [4.78, 5) is 41.3. The Morgan fingerprint density at radius 1 is 1.14 bits per heavy atom. The number of carbonyl (C=O) groups is 1. The van der Waals surface area contributed by atoms with Crippen LogP contribution in [0.15, 0.2) is 64.2 Å². The van der Waals surface area contributed by atoms with E-state index in [1.54, 1.807) is 25.1 Å². The van der Waals surface area contributed by atoms with E-state index in [1.807, 2.05) is 30.3 Å². The van der Waals surface area contributed by atoms with Gasteiger partial charge in [-0.3, -0.25) is 19.1 Å². The van der Waals surface area contributed by atoms with E-state index in [2.05, 4.69) is 4.98 Å². The van der Waals surface area contributed by atoms with Gasteiger partial charge in [-0.25, -0.2) is 4.79 Å². The summed E-state index contributed by atoms with van der Waals surface area (Å²) in [6.45, 7) is 2.06. The van der Waals surface area contributed by atoms with Crippen molar-refractivity contribution in [2.24, 2.45) is 0 Å². The molecule has 8 heteroatoms. The molecule has 3 N–H and O–H groups in total. The Morgan fingerprint density at radius 3 is 2.50 bits per heavy atom. The molecule has 0 aliphatic rings. The Balaban J connectivity index is 2.09. The maximum Gasteiger partial charge on any atom is 0.330 e. The fraction of sp³-hybridized carbons (Fsp3) is 0.150. The minimum absolute atomic E-state index is 0.0667. The number of amides is 1. The number of nitrogens with zero attached hydrogens (tertiary/aromatic N) is 2. The second-order valence-corrected chi connectivity index (χ2v) is 6.56. The Bertz CT molecular complexity index is 1120. The van der Waals surface area contributed by atoms with Crippen LogP contribution in [0, 0.1) is 0 Å². The Morgan fingerprint density at radius 2 is 1.86 bits per heavy atom. The van der Waals surface area contributed by atoms with Crippen molar-refractivity contribution in [3.05, 3.63) is 91.6 Å². The van der Waals surface area contributed by atoms with E-state index in [1.165, 1.54) is 15.5 Å². The van der Waals surface area contributed by atoms with Crippen molar-refractivity contribution in [3.8, 4) is 0 Å². The highest BCUT2D eigenvalue weighted by Gasteiger charge is 2.24. The number of benzene rings is 2. The summed E-state index contributed by atoms with van der Waals surface area (Å²) < 4.78 is 1.24. The van der Waals surface area contributed by atoms with Gasteiger partial charge in [0.1, 0.15) is 5.82 Å². The highest BCUT2D eigenvalue weighted by atomic mass is 35.5. The molecule has 7 nitrogen and oxygen atoms in total. The van der Waals surface area contributed by atoms with E-state index >= 15 is 0 Å². The highest BCUT2D eigenvalue weighted by Crippen LogP contribution is 2.21. The Labute approximate surface area is 166 Å². The molecule has 1 amide bonds. The van der Waals surface area contributed by atoms with Gasteiger partial charge in [-0.05, 0) is 30.7 Å². The topological polar surface area (TPSA) is 101 Å². The zero-order valence-electron chi connectivity index (χ0n) is 15.2. The summed E-state index contributed by atoms with van der Waals surface area (Å²) >= 11 is 5.97. The van der Waals surface area contributed by atoms with E-state index in [9.17, 15) is 14.4 Å². The second-order valence-electron chi connectivity index (χ2n) is 6.12. The number of hydrogen-bond acceptors (Lipinski definition) is 4. The van der Waals surface area contributed by atoms with E-state index in [-0.39, 0.29) is 24.6 Å². The van der Waals surface area contributed by atoms with Crippen molar-refractivity contribution in [2.45, 2.75) is 13.5 Å². The van der Waals surface area contributed by atoms with Gasteiger partial charge in [-0.2, -0.15) is 0 Å². The zero-order chi connectivity index (χ0) is 20.3. The predicted molar refractivity (Wildman–Crippen MR) is 110 cm³/mol. The Kier molecular flexibility index (Phi) is 5.65. The molecule has 0 atom stereocenters. The summed E-state index contributed by atoms with van der Waals surface area (Å²) in [7, 11) is 0. The summed E-state index contributed by atoms with van der Waals surface area (Å²) in [5.41, 5.74) is 5.90. The predicted octanol–water partition coefficient (Wildman–Crippen LogP) is 2.49. The van der Waals surface area contributed by atoms with Crippen molar-refractivity contribution in [3.63, 3.8) is 0 Å². The van der Waals surface area contributed by atoms with Crippen LogP contribution >= 0.6 is 11.6 Å². The van der Waals surface area contributed by atoms with Gasteiger partial charge in [-0.15, -0.1) is 0 Å². The molecular formula is C20H19ClN4O3. The van der Waals surface area contributed by atoms with E-state index in [4.69, 9.17) is 17.3 Å². The van der Waals surface area contributed by atoms with Crippen molar-refractivity contribution in [1.29, 1.82) is 0 Å². The first-order chi connectivity index (χ1) is 13.4. The highest BCUT2D eigenvalue weighted by molar-refractivity contribution is 6.31. The average molecular weight is 399 g/mol. The maximum atomic E-state index is 13.0. The summed E-state index contributed by atoms with van der Waals surface area (Å²) in [6.07, 6.45) is 0. The van der Waals surface area contributed by atoms with Crippen LogP contribution in [-0.4, -0.2) is 22.0 Å². The number of nitrogens with two attached hydrogens (primary N) is 1. The van der Waals surface area contributed by atoms with Crippen LogP contribution in [-0.2, 0) is 6.54 Å².